The van der Waals surface area contributed by atoms with E-state index in [0.717, 1.165) is 16.1 Å². The number of fused-ring (bicyclic) bond motifs is 1. The van der Waals surface area contributed by atoms with Gasteiger partial charge in [0.15, 0.2) is 0 Å². The average molecular weight is 327 g/mol. The first-order chi connectivity index (χ1) is 11.1. The topological polar surface area (TPSA) is 57.6 Å². The van der Waals surface area contributed by atoms with Crippen LogP contribution in [0.1, 0.15) is 23.7 Å². The number of nitrogens with zero attached hydrogens (tertiary/aromatic N) is 1. The Morgan fingerprint density at radius 1 is 1.13 bits per heavy atom. The lowest BCUT2D eigenvalue weighted by atomic mass is 10.1. The molecule has 1 heterocycles. The molecule has 23 heavy (non-hydrogen) atoms. The van der Waals surface area contributed by atoms with Gasteiger partial charge in [-0.25, -0.2) is 0 Å². The Bertz CT molecular complexity index is 717. The van der Waals surface area contributed by atoms with Crippen LogP contribution in [-0.4, -0.2) is 23.5 Å². The second-order valence-electron chi connectivity index (χ2n) is 5.38. The highest BCUT2D eigenvalue weighted by Gasteiger charge is 2.29. The fraction of sp³-hybridized carbons (Fsp3) is 0.222. The van der Waals surface area contributed by atoms with Crippen LogP contribution in [0.5, 0.6) is 0 Å². The summed E-state index contributed by atoms with van der Waals surface area (Å²) >= 11 is 1.66. The maximum atomic E-state index is 12.7. The molecule has 0 radical (unpaired) electrons. The van der Waals surface area contributed by atoms with E-state index in [1.807, 2.05) is 54.6 Å². The molecule has 5 heteroatoms. The Morgan fingerprint density at radius 3 is 2.57 bits per heavy atom. The van der Waals surface area contributed by atoms with Crippen molar-refractivity contribution >= 4 is 29.3 Å². The van der Waals surface area contributed by atoms with Gasteiger partial charge >= 0.3 is 5.97 Å². The van der Waals surface area contributed by atoms with E-state index in [2.05, 4.69) is 0 Å². The number of aliphatic carboxylic acids is 1. The van der Waals surface area contributed by atoms with Crippen molar-refractivity contribution in [3.63, 3.8) is 0 Å². The van der Waals surface area contributed by atoms with E-state index in [4.69, 9.17) is 5.11 Å². The zero-order chi connectivity index (χ0) is 16.2. The van der Waals surface area contributed by atoms with Gasteiger partial charge in [0.25, 0.3) is 0 Å². The normalized spacial score (nSPS) is 17.5. The van der Waals surface area contributed by atoms with Crippen molar-refractivity contribution in [2.45, 2.75) is 23.0 Å². The first-order valence-corrected chi connectivity index (χ1v) is 8.36. The van der Waals surface area contributed by atoms with Crippen molar-refractivity contribution in [2.24, 2.45) is 0 Å². The van der Waals surface area contributed by atoms with Gasteiger partial charge in [0.1, 0.15) is 0 Å². The maximum absolute atomic E-state index is 12.7. The second kappa shape index (κ2) is 6.87. The van der Waals surface area contributed by atoms with Crippen LogP contribution in [0.3, 0.4) is 0 Å². The Morgan fingerprint density at radius 2 is 1.83 bits per heavy atom. The molecule has 4 nitrogen and oxygen atoms in total. The maximum Gasteiger partial charge on any atom is 0.305 e. The fourth-order valence-corrected chi connectivity index (χ4v) is 3.97. The van der Waals surface area contributed by atoms with E-state index in [1.165, 1.54) is 0 Å². The third kappa shape index (κ3) is 3.56. The molecule has 0 bridgehead atoms. The zero-order valence-corrected chi connectivity index (χ0v) is 13.3. The lowest BCUT2D eigenvalue weighted by Gasteiger charge is -2.21. The van der Waals surface area contributed by atoms with Gasteiger partial charge in [-0.3, -0.25) is 9.59 Å². The van der Waals surface area contributed by atoms with E-state index < -0.39 is 5.97 Å². The molecule has 1 N–H and O–H groups in total. The molecule has 0 aliphatic carbocycles. The minimum absolute atomic E-state index is 0.0300. The van der Waals surface area contributed by atoms with E-state index in [9.17, 15) is 9.59 Å². The molecular weight excluding hydrogens is 310 g/mol. The number of hydrogen-bond donors (Lipinski definition) is 1. The number of hydrogen-bond acceptors (Lipinski definition) is 3. The van der Waals surface area contributed by atoms with Crippen LogP contribution in [0.15, 0.2) is 59.5 Å². The molecule has 118 valence electrons. The molecule has 0 unspecified atom stereocenters. The summed E-state index contributed by atoms with van der Waals surface area (Å²) in [5.41, 5.74) is 1.92. The molecule has 2 aromatic carbocycles. The molecule has 1 amide bonds. The van der Waals surface area contributed by atoms with E-state index in [-0.39, 0.29) is 24.1 Å². The average Bonchev–Trinajstić information content (AvgIpc) is 2.70. The van der Waals surface area contributed by atoms with E-state index in [1.54, 1.807) is 16.7 Å². The van der Waals surface area contributed by atoms with Crippen LogP contribution in [0.4, 0.5) is 5.69 Å². The summed E-state index contributed by atoms with van der Waals surface area (Å²) in [6.45, 7) is 0.202. The van der Waals surface area contributed by atoms with Crippen molar-refractivity contribution in [1.82, 2.24) is 0 Å². The van der Waals surface area contributed by atoms with Crippen LogP contribution < -0.4 is 4.90 Å². The number of anilines is 1. The van der Waals surface area contributed by atoms with Crippen molar-refractivity contribution in [2.75, 3.05) is 11.4 Å². The number of amides is 1. The number of thioether (sulfide) groups is 1. The van der Waals surface area contributed by atoms with Gasteiger partial charge < -0.3 is 10.0 Å². The lowest BCUT2D eigenvalue weighted by Crippen LogP contribution is -2.32. The molecule has 0 saturated carbocycles. The number of carbonyl (C=O) groups is 2. The molecule has 1 aliphatic heterocycles. The van der Waals surface area contributed by atoms with Gasteiger partial charge in [-0.15, -0.1) is 11.8 Å². The number of carboxylic acids is 1. The third-order valence-electron chi connectivity index (χ3n) is 3.81. The Labute approximate surface area is 139 Å². The second-order valence-corrected chi connectivity index (χ2v) is 6.62. The van der Waals surface area contributed by atoms with Crippen LogP contribution in [-0.2, 0) is 9.59 Å². The summed E-state index contributed by atoms with van der Waals surface area (Å²) < 4.78 is 0. The van der Waals surface area contributed by atoms with Gasteiger partial charge in [-0.05, 0) is 17.7 Å². The first kappa shape index (κ1) is 15.6. The van der Waals surface area contributed by atoms with Gasteiger partial charge in [-0.2, -0.15) is 0 Å². The molecule has 0 saturated heterocycles. The quantitative estimate of drug-likeness (QED) is 0.929. The number of para-hydroxylation sites is 1. The Balaban J connectivity index is 1.94. The fourth-order valence-electron chi connectivity index (χ4n) is 2.68. The van der Waals surface area contributed by atoms with Crippen LogP contribution >= 0.6 is 11.8 Å². The number of rotatable bonds is 4. The monoisotopic (exact) mass is 327 g/mol. The number of carboxylic acid groups (broad SMARTS) is 1. The van der Waals surface area contributed by atoms with Crippen LogP contribution in [0.25, 0.3) is 0 Å². The van der Waals surface area contributed by atoms with Crippen molar-refractivity contribution in [3.8, 4) is 0 Å². The number of carbonyl (C=O) groups excluding carboxylic acids is 1. The largest absolute Gasteiger partial charge is 0.481 e. The lowest BCUT2D eigenvalue weighted by molar-refractivity contribution is -0.136. The first-order valence-electron chi connectivity index (χ1n) is 7.48. The summed E-state index contributed by atoms with van der Waals surface area (Å²) in [4.78, 5) is 26.2. The molecule has 0 fully saturated rings. The predicted octanol–water partition coefficient (Wildman–Crippen LogP) is 3.73. The Kier molecular flexibility index (Phi) is 4.67. The molecular formula is C18H17NO3S. The highest BCUT2D eigenvalue weighted by atomic mass is 32.2. The van der Waals surface area contributed by atoms with Gasteiger partial charge in [0, 0.05) is 23.1 Å². The highest BCUT2D eigenvalue weighted by Crippen LogP contribution is 2.45. The molecule has 1 aliphatic rings. The predicted molar refractivity (Wildman–Crippen MR) is 90.7 cm³/mol. The van der Waals surface area contributed by atoms with Crippen molar-refractivity contribution in [1.29, 1.82) is 0 Å². The highest BCUT2D eigenvalue weighted by molar-refractivity contribution is 7.99. The molecule has 2 aromatic rings. The van der Waals surface area contributed by atoms with E-state index in [0.29, 0.717) is 6.42 Å². The van der Waals surface area contributed by atoms with Crippen molar-refractivity contribution in [3.05, 3.63) is 60.2 Å². The smallest absolute Gasteiger partial charge is 0.305 e. The van der Waals surface area contributed by atoms with Crippen LogP contribution in [0, 0.1) is 0 Å². The van der Waals surface area contributed by atoms with Crippen molar-refractivity contribution < 1.29 is 14.7 Å². The standard InChI is InChI=1S/C18H17NO3S/c20-17-12-16(13-6-2-1-3-7-13)23-15-9-5-4-8-14(15)19(17)11-10-18(21)22/h1-9,16H,10-12H2,(H,21,22)/t16-/m1/s1. The minimum atomic E-state index is -0.896. The summed E-state index contributed by atoms with van der Waals surface area (Å²) in [5, 5.41) is 8.98. The summed E-state index contributed by atoms with van der Waals surface area (Å²) in [6, 6.07) is 17.7. The molecule has 0 aromatic heterocycles. The molecule has 1 atom stereocenters. The van der Waals surface area contributed by atoms with E-state index >= 15 is 0 Å². The Hall–Kier alpha value is -2.27. The SMILES string of the molecule is O=C(O)CCN1C(=O)C[C@H](c2ccccc2)Sc2ccccc21. The number of benzene rings is 2. The van der Waals surface area contributed by atoms with Gasteiger partial charge in [0.05, 0.1) is 12.1 Å². The summed E-state index contributed by atoms with van der Waals surface area (Å²) in [7, 11) is 0. The van der Waals surface area contributed by atoms with Crippen LogP contribution in [0.2, 0.25) is 0 Å². The summed E-state index contributed by atoms with van der Waals surface area (Å²) in [6.07, 6.45) is 0.309. The van der Waals surface area contributed by atoms with Gasteiger partial charge in [-0.1, -0.05) is 42.5 Å². The third-order valence-corrected chi connectivity index (χ3v) is 5.13. The minimum Gasteiger partial charge on any atom is -0.481 e. The van der Waals surface area contributed by atoms with Gasteiger partial charge in [0.2, 0.25) is 5.91 Å². The molecule has 0 spiro atoms. The summed E-state index contributed by atoms with van der Waals surface area (Å²) in [5.74, 6) is -0.927. The zero-order valence-electron chi connectivity index (χ0n) is 12.5. The molecule has 3 rings (SSSR count).